The number of nitrogens with zero attached hydrogens (tertiary/aromatic N) is 1. The van der Waals surface area contributed by atoms with Crippen LogP contribution < -0.4 is 10.6 Å². The SMILES string of the molecule is CCc1cccc(C2(N(C)C)CCC3(CC2)CNC(=O)N3)c1. The molecule has 1 aromatic carbocycles. The number of amides is 2. The Bertz CT molecular complexity index is 559. The molecule has 22 heavy (non-hydrogen) atoms. The molecule has 1 aliphatic carbocycles. The van der Waals surface area contributed by atoms with Crippen molar-refractivity contribution in [2.45, 2.75) is 50.1 Å². The number of hydrogen-bond acceptors (Lipinski definition) is 2. The van der Waals surface area contributed by atoms with E-state index in [1.807, 2.05) is 0 Å². The average Bonchev–Trinajstić information content (AvgIpc) is 2.89. The summed E-state index contributed by atoms with van der Waals surface area (Å²) in [5.41, 5.74) is 2.88. The van der Waals surface area contributed by atoms with Crippen molar-refractivity contribution < 1.29 is 4.79 Å². The molecule has 0 bridgehead atoms. The Balaban J connectivity index is 1.87. The predicted molar refractivity (Wildman–Crippen MR) is 88.9 cm³/mol. The molecule has 1 saturated heterocycles. The highest BCUT2D eigenvalue weighted by Crippen LogP contribution is 2.45. The van der Waals surface area contributed by atoms with Crippen LogP contribution in [0, 0.1) is 0 Å². The van der Waals surface area contributed by atoms with Crippen molar-refractivity contribution in [3.8, 4) is 0 Å². The fourth-order valence-electron chi connectivity index (χ4n) is 4.10. The zero-order valence-corrected chi connectivity index (χ0v) is 13.9. The third kappa shape index (κ3) is 2.50. The summed E-state index contributed by atoms with van der Waals surface area (Å²) in [6.07, 6.45) is 5.28. The monoisotopic (exact) mass is 301 g/mol. The summed E-state index contributed by atoms with van der Waals surface area (Å²) in [6.45, 7) is 2.97. The van der Waals surface area contributed by atoms with Crippen molar-refractivity contribution in [3.05, 3.63) is 35.4 Å². The normalized spacial score (nSPS) is 31.4. The zero-order valence-electron chi connectivity index (χ0n) is 13.9. The van der Waals surface area contributed by atoms with Gasteiger partial charge < -0.3 is 10.6 Å². The van der Waals surface area contributed by atoms with Crippen LogP contribution in [0.1, 0.15) is 43.7 Å². The Morgan fingerprint density at radius 1 is 1.18 bits per heavy atom. The number of aryl methyl sites for hydroxylation is 1. The molecular formula is C18H27N3O. The van der Waals surface area contributed by atoms with E-state index >= 15 is 0 Å². The molecule has 2 amide bonds. The fraction of sp³-hybridized carbons (Fsp3) is 0.611. The molecule has 3 rings (SSSR count). The molecule has 1 aliphatic heterocycles. The van der Waals surface area contributed by atoms with Gasteiger partial charge in [0.15, 0.2) is 0 Å². The molecule has 1 aromatic rings. The van der Waals surface area contributed by atoms with E-state index in [1.54, 1.807) is 0 Å². The van der Waals surface area contributed by atoms with Crippen LogP contribution in [-0.2, 0) is 12.0 Å². The van der Waals surface area contributed by atoms with E-state index in [4.69, 9.17) is 0 Å². The fourth-order valence-corrected chi connectivity index (χ4v) is 4.10. The van der Waals surface area contributed by atoms with E-state index in [9.17, 15) is 4.79 Å². The topological polar surface area (TPSA) is 44.4 Å². The van der Waals surface area contributed by atoms with Gasteiger partial charge in [0.25, 0.3) is 0 Å². The Morgan fingerprint density at radius 3 is 2.45 bits per heavy atom. The first-order valence-electron chi connectivity index (χ1n) is 8.33. The molecule has 2 aliphatic rings. The first-order valence-corrected chi connectivity index (χ1v) is 8.33. The number of hydrogen-bond donors (Lipinski definition) is 2. The first-order chi connectivity index (χ1) is 10.5. The predicted octanol–water partition coefficient (Wildman–Crippen LogP) is 2.63. The number of urea groups is 1. The van der Waals surface area contributed by atoms with Crippen molar-refractivity contribution in [1.29, 1.82) is 0 Å². The van der Waals surface area contributed by atoms with Gasteiger partial charge in [0.2, 0.25) is 0 Å². The second-order valence-corrected chi connectivity index (χ2v) is 7.07. The van der Waals surface area contributed by atoms with Gasteiger partial charge >= 0.3 is 6.03 Å². The van der Waals surface area contributed by atoms with Crippen LogP contribution in [0.15, 0.2) is 24.3 Å². The lowest BCUT2D eigenvalue weighted by molar-refractivity contribution is 0.0652. The highest BCUT2D eigenvalue weighted by Gasteiger charge is 2.47. The smallest absolute Gasteiger partial charge is 0.315 e. The second kappa shape index (κ2) is 5.58. The van der Waals surface area contributed by atoms with Crippen LogP contribution in [0.4, 0.5) is 4.79 Å². The van der Waals surface area contributed by atoms with Gasteiger partial charge in [0.1, 0.15) is 0 Å². The number of carbonyl (C=O) groups excluding carboxylic acids is 1. The van der Waals surface area contributed by atoms with E-state index in [2.05, 4.69) is 60.8 Å². The van der Waals surface area contributed by atoms with Crippen LogP contribution in [0.3, 0.4) is 0 Å². The number of nitrogens with one attached hydrogen (secondary N) is 2. The van der Waals surface area contributed by atoms with Gasteiger partial charge in [0, 0.05) is 12.1 Å². The molecule has 1 heterocycles. The largest absolute Gasteiger partial charge is 0.336 e. The molecule has 120 valence electrons. The quantitative estimate of drug-likeness (QED) is 0.901. The van der Waals surface area contributed by atoms with E-state index in [-0.39, 0.29) is 17.1 Å². The minimum Gasteiger partial charge on any atom is -0.336 e. The third-order valence-electron chi connectivity index (χ3n) is 5.73. The van der Waals surface area contributed by atoms with Crippen LogP contribution in [-0.4, -0.2) is 37.1 Å². The summed E-state index contributed by atoms with van der Waals surface area (Å²) in [6, 6.07) is 9.01. The van der Waals surface area contributed by atoms with Gasteiger partial charge in [-0.2, -0.15) is 0 Å². The van der Waals surface area contributed by atoms with Crippen LogP contribution in [0.25, 0.3) is 0 Å². The Labute approximate surface area is 133 Å². The molecule has 4 nitrogen and oxygen atoms in total. The Kier molecular flexibility index (Phi) is 3.89. The molecule has 2 N–H and O–H groups in total. The van der Waals surface area contributed by atoms with Gasteiger partial charge in [-0.1, -0.05) is 31.2 Å². The van der Waals surface area contributed by atoms with Gasteiger partial charge in [0.05, 0.1) is 5.54 Å². The van der Waals surface area contributed by atoms with E-state index in [0.717, 1.165) is 38.6 Å². The molecule has 0 aromatic heterocycles. The summed E-state index contributed by atoms with van der Waals surface area (Å²) in [4.78, 5) is 13.9. The molecule has 0 unspecified atom stereocenters. The van der Waals surface area contributed by atoms with Crippen molar-refractivity contribution in [2.75, 3.05) is 20.6 Å². The standard InChI is InChI=1S/C18H27N3O/c1-4-14-6-5-7-15(12-14)18(21(2)3)10-8-17(9-11-18)13-19-16(22)20-17/h5-7,12H,4,8-11,13H2,1-3H3,(H2,19,20,22). The lowest BCUT2D eigenvalue weighted by atomic mass is 9.68. The number of carbonyl (C=O) groups is 1. The Hall–Kier alpha value is -1.55. The highest BCUT2D eigenvalue weighted by molar-refractivity contribution is 5.77. The lowest BCUT2D eigenvalue weighted by Gasteiger charge is -2.48. The summed E-state index contributed by atoms with van der Waals surface area (Å²) < 4.78 is 0. The highest BCUT2D eigenvalue weighted by atomic mass is 16.2. The average molecular weight is 301 g/mol. The summed E-state index contributed by atoms with van der Waals surface area (Å²) in [7, 11) is 4.37. The minimum atomic E-state index is -0.0288. The molecule has 4 heteroatoms. The summed E-state index contributed by atoms with van der Waals surface area (Å²) >= 11 is 0. The Morgan fingerprint density at radius 2 is 1.91 bits per heavy atom. The summed E-state index contributed by atoms with van der Waals surface area (Å²) in [5.74, 6) is 0. The maximum Gasteiger partial charge on any atom is 0.315 e. The number of rotatable bonds is 3. The lowest BCUT2D eigenvalue weighted by Crippen LogP contribution is -2.54. The van der Waals surface area contributed by atoms with Gasteiger partial charge in [-0.3, -0.25) is 4.90 Å². The van der Waals surface area contributed by atoms with Crippen molar-refractivity contribution in [1.82, 2.24) is 15.5 Å². The van der Waals surface area contributed by atoms with Crippen LogP contribution >= 0.6 is 0 Å². The molecule has 1 saturated carbocycles. The maximum absolute atomic E-state index is 11.5. The third-order valence-corrected chi connectivity index (χ3v) is 5.73. The van der Waals surface area contributed by atoms with E-state index < -0.39 is 0 Å². The zero-order chi connectivity index (χ0) is 15.8. The van der Waals surface area contributed by atoms with Crippen LogP contribution in [0.2, 0.25) is 0 Å². The van der Waals surface area contributed by atoms with Gasteiger partial charge in [-0.05, 0) is 57.3 Å². The van der Waals surface area contributed by atoms with E-state index in [1.165, 1.54) is 11.1 Å². The second-order valence-electron chi connectivity index (χ2n) is 7.07. The molecule has 0 radical (unpaired) electrons. The molecular weight excluding hydrogens is 274 g/mol. The minimum absolute atomic E-state index is 0.00895. The maximum atomic E-state index is 11.5. The molecule has 1 spiro atoms. The van der Waals surface area contributed by atoms with Crippen molar-refractivity contribution in [3.63, 3.8) is 0 Å². The van der Waals surface area contributed by atoms with Crippen LogP contribution in [0.5, 0.6) is 0 Å². The van der Waals surface area contributed by atoms with E-state index in [0.29, 0.717) is 0 Å². The first kappa shape index (κ1) is 15.3. The van der Waals surface area contributed by atoms with Gasteiger partial charge in [-0.25, -0.2) is 4.79 Å². The van der Waals surface area contributed by atoms with Crippen molar-refractivity contribution >= 4 is 6.03 Å². The summed E-state index contributed by atoms with van der Waals surface area (Å²) in [5, 5.41) is 6.08. The van der Waals surface area contributed by atoms with Gasteiger partial charge in [-0.15, -0.1) is 0 Å². The molecule has 0 atom stereocenters. The number of benzene rings is 1. The molecule has 2 fully saturated rings. The van der Waals surface area contributed by atoms with Crippen molar-refractivity contribution in [2.24, 2.45) is 0 Å².